The van der Waals surface area contributed by atoms with Crippen molar-refractivity contribution in [1.29, 1.82) is 0 Å². The summed E-state index contributed by atoms with van der Waals surface area (Å²) in [6, 6.07) is 3.80. The van der Waals surface area contributed by atoms with Crippen LogP contribution in [0.3, 0.4) is 0 Å². The van der Waals surface area contributed by atoms with E-state index in [1.165, 1.54) is 21.3 Å². The van der Waals surface area contributed by atoms with Crippen LogP contribution < -0.4 is 9.47 Å². The van der Waals surface area contributed by atoms with Gasteiger partial charge in [-0.1, -0.05) is 0 Å². The average Bonchev–Trinajstić information content (AvgIpc) is 3.45. The number of ketones is 1. The van der Waals surface area contributed by atoms with Gasteiger partial charge in [-0.25, -0.2) is 0 Å². The van der Waals surface area contributed by atoms with E-state index >= 15 is 0 Å². The van der Waals surface area contributed by atoms with Crippen molar-refractivity contribution in [1.82, 2.24) is 0 Å². The molecule has 0 unspecified atom stereocenters. The van der Waals surface area contributed by atoms with Crippen LogP contribution in [0.1, 0.15) is 30.1 Å². The molecule has 1 aromatic carbocycles. The molecule has 2 aliphatic carbocycles. The Balaban J connectivity index is 1.74. The van der Waals surface area contributed by atoms with Crippen molar-refractivity contribution in [3.8, 4) is 11.5 Å². The highest BCUT2D eigenvalue weighted by Gasteiger charge is 2.55. The molecule has 0 spiro atoms. The summed E-state index contributed by atoms with van der Waals surface area (Å²) in [5.74, 6) is -2.36. The van der Waals surface area contributed by atoms with E-state index in [-0.39, 0.29) is 37.2 Å². The van der Waals surface area contributed by atoms with Gasteiger partial charge in [0.1, 0.15) is 0 Å². The molecule has 9 nitrogen and oxygen atoms in total. The summed E-state index contributed by atoms with van der Waals surface area (Å²) in [4.78, 5) is 26.0. The molecule has 0 saturated carbocycles. The third-order valence-corrected chi connectivity index (χ3v) is 6.85. The number of benzene rings is 1. The van der Waals surface area contributed by atoms with Gasteiger partial charge in [0.25, 0.3) is 11.6 Å². The van der Waals surface area contributed by atoms with Crippen molar-refractivity contribution < 1.29 is 42.7 Å². The van der Waals surface area contributed by atoms with Gasteiger partial charge in [-0.2, -0.15) is 0 Å². The minimum atomic E-state index is -1.67. The van der Waals surface area contributed by atoms with Crippen LogP contribution in [0.15, 0.2) is 35.6 Å². The smallest absolute Gasteiger partial charge is 0.310 e. The van der Waals surface area contributed by atoms with Crippen molar-refractivity contribution in [3.05, 3.63) is 46.7 Å². The lowest BCUT2D eigenvalue weighted by Gasteiger charge is -2.40. The summed E-state index contributed by atoms with van der Waals surface area (Å²) < 4.78 is 39.2. The molecule has 9 heteroatoms. The quantitative estimate of drug-likeness (QED) is 0.470. The number of Topliss-reactive ketones (excluding diaryl/α,β-unsaturated/α-hetero) is 1. The first kappa shape index (κ1) is 21.9. The standard InChI is InChI=1S/C24H26O9/c1-5-30-21-14-8-17-16(32-11-33-17)7-13(14)19(20-15(21)10-31-23(20)26)12-6-18(27-2)22(25)24(9-12,28-3)29-4/h6-9,15,19-21H,5,10-11H2,1-4H3/t15-,19+,20-,21+/m0/s1. The zero-order chi connectivity index (χ0) is 23.3. The van der Waals surface area contributed by atoms with Crippen LogP contribution >= 0.6 is 0 Å². The van der Waals surface area contributed by atoms with E-state index in [0.717, 1.165) is 11.1 Å². The highest BCUT2D eigenvalue weighted by atomic mass is 16.7. The summed E-state index contributed by atoms with van der Waals surface area (Å²) in [6.45, 7) is 2.76. The molecule has 1 fully saturated rings. The first-order valence-corrected chi connectivity index (χ1v) is 10.8. The van der Waals surface area contributed by atoms with Gasteiger partial charge in [0, 0.05) is 32.7 Å². The minimum Gasteiger partial charge on any atom is -0.493 e. The summed E-state index contributed by atoms with van der Waals surface area (Å²) in [6.07, 6.45) is 2.90. The third kappa shape index (κ3) is 3.18. The number of carbonyl (C=O) groups excluding carboxylic acids is 2. The van der Waals surface area contributed by atoms with Crippen LogP contribution in [0, 0.1) is 11.8 Å². The Morgan fingerprint density at radius 2 is 1.73 bits per heavy atom. The van der Waals surface area contributed by atoms with Crippen molar-refractivity contribution in [2.75, 3.05) is 41.3 Å². The van der Waals surface area contributed by atoms with Crippen LogP contribution in [0.4, 0.5) is 0 Å². The molecule has 0 N–H and O–H groups in total. The fourth-order valence-electron chi connectivity index (χ4n) is 5.34. The molecule has 0 bridgehead atoms. The highest BCUT2D eigenvalue weighted by molar-refractivity contribution is 6.02. The number of ether oxygens (including phenoxy) is 7. The first-order chi connectivity index (χ1) is 16.0. The molecule has 0 aromatic heterocycles. The number of carbonyl (C=O) groups is 2. The van der Waals surface area contributed by atoms with Gasteiger partial charge in [0.15, 0.2) is 17.3 Å². The van der Waals surface area contributed by atoms with Gasteiger partial charge < -0.3 is 33.2 Å². The van der Waals surface area contributed by atoms with E-state index < -0.39 is 23.4 Å². The predicted molar refractivity (Wildman–Crippen MR) is 113 cm³/mol. The molecule has 0 amide bonds. The molecule has 176 valence electrons. The van der Waals surface area contributed by atoms with Crippen LogP contribution in [0.5, 0.6) is 11.5 Å². The van der Waals surface area contributed by atoms with E-state index in [1.807, 2.05) is 19.1 Å². The maximum atomic E-state index is 13.0. The number of cyclic esters (lactones) is 1. The summed E-state index contributed by atoms with van der Waals surface area (Å²) in [5.41, 5.74) is 2.39. The molecule has 0 radical (unpaired) electrons. The van der Waals surface area contributed by atoms with E-state index in [1.54, 1.807) is 12.2 Å². The van der Waals surface area contributed by atoms with Crippen molar-refractivity contribution in [3.63, 3.8) is 0 Å². The van der Waals surface area contributed by atoms with Gasteiger partial charge in [-0.3, -0.25) is 9.59 Å². The van der Waals surface area contributed by atoms with Crippen LogP contribution in [0.2, 0.25) is 0 Å². The largest absolute Gasteiger partial charge is 0.493 e. The summed E-state index contributed by atoms with van der Waals surface area (Å²) in [7, 11) is 4.19. The lowest BCUT2D eigenvalue weighted by Crippen LogP contribution is -2.45. The number of rotatable bonds is 6. The number of hydrogen-bond donors (Lipinski definition) is 0. The Morgan fingerprint density at radius 1 is 1.03 bits per heavy atom. The summed E-state index contributed by atoms with van der Waals surface area (Å²) >= 11 is 0. The highest BCUT2D eigenvalue weighted by Crippen LogP contribution is 2.56. The maximum absolute atomic E-state index is 13.0. The number of methoxy groups -OCH3 is 3. The average molecular weight is 458 g/mol. The van der Waals surface area contributed by atoms with E-state index in [0.29, 0.717) is 23.7 Å². The fourth-order valence-corrected chi connectivity index (χ4v) is 5.34. The molecule has 4 aliphatic rings. The second-order valence-electron chi connectivity index (χ2n) is 8.27. The van der Waals surface area contributed by atoms with Gasteiger partial charge in [0.2, 0.25) is 6.79 Å². The molecule has 1 aromatic rings. The Labute approximate surface area is 191 Å². The maximum Gasteiger partial charge on any atom is 0.310 e. The van der Waals surface area contributed by atoms with E-state index in [9.17, 15) is 9.59 Å². The van der Waals surface area contributed by atoms with Gasteiger partial charge >= 0.3 is 5.97 Å². The fraction of sp³-hybridized carbons (Fsp3) is 0.500. The predicted octanol–water partition coefficient (Wildman–Crippen LogP) is 2.41. The molecule has 2 heterocycles. The molecule has 33 heavy (non-hydrogen) atoms. The Hall–Kier alpha value is -2.88. The number of allylic oxidation sites excluding steroid dienone is 2. The van der Waals surface area contributed by atoms with Crippen molar-refractivity contribution >= 4 is 11.8 Å². The first-order valence-electron chi connectivity index (χ1n) is 10.8. The molecular formula is C24H26O9. The topological polar surface area (TPSA) is 98.8 Å². The van der Waals surface area contributed by atoms with Crippen molar-refractivity contribution in [2.45, 2.75) is 24.7 Å². The third-order valence-electron chi connectivity index (χ3n) is 6.85. The number of hydrogen-bond acceptors (Lipinski definition) is 9. The van der Waals surface area contributed by atoms with Crippen LogP contribution in [-0.2, 0) is 33.3 Å². The zero-order valence-corrected chi connectivity index (χ0v) is 18.9. The van der Waals surface area contributed by atoms with Crippen LogP contribution in [-0.4, -0.2) is 58.9 Å². The Bertz CT molecular complexity index is 1050. The lowest BCUT2D eigenvalue weighted by atomic mass is 9.65. The van der Waals surface area contributed by atoms with Gasteiger partial charge in [-0.15, -0.1) is 0 Å². The molecule has 2 aliphatic heterocycles. The normalized spacial score (nSPS) is 29.1. The van der Waals surface area contributed by atoms with Crippen LogP contribution in [0.25, 0.3) is 0 Å². The van der Waals surface area contributed by atoms with Gasteiger partial charge in [-0.05, 0) is 47.9 Å². The molecule has 1 saturated heterocycles. The number of esters is 1. The minimum absolute atomic E-state index is 0.0772. The molecule has 4 atom stereocenters. The molecular weight excluding hydrogens is 432 g/mol. The van der Waals surface area contributed by atoms with Gasteiger partial charge in [0.05, 0.1) is 25.7 Å². The van der Waals surface area contributed by atoms with E-state index in [4.69, 9.17) is 33.2 Å². The molecule has 5 rings (SSSR count). The second-order valence-corrected chi connectivity index (χ2v) is 8.27. The number of fused-ring (bicyclic) bond motifs is 3. The SMILES string of the molecule is CCO[C@@H]1c2cc3c(cc2[C@@H](C2=CC(OC)(OC)C(=O)C(OC)=C2)[C@H]2C(=O)OC[C@@H]21)OCO3. The van der Waals surface area contributed by atoms with E-state index in [2.05, 4.69) is 0 Å². The monoisotopic (exact) mass is 458 g/mol. The zero-order valence-electron chi connectivity index (χ0n) is 18.9. The Kier molecular flexibility index (Phi) is 5.43. The summed E-state index contributed by atoms with van der Waals surface area (Å²) in [5, 5.41) is 0. The Morgan fingerprint density at radius 3 is 2.36 bits per heavy atom. The van der Waals surface area contributed by atoms with Crippen molar-refractivity contribution in [2.24, 2.45) is 11.8 Å². The second kappa shape index (κ2) is 8.16. The lowest BCUT2D eigenvalue weighted by molar-refractivity contribution is -0.185.